The molecule has 1 rings (SSSR count). The van der Waals surface area contributed by atoms with Gasteiger partial charge in [0.05, 0.1) is 13.2 Å². The Morgan fingerprint density at radius 3 is 2.64 bits per heavy atom. The van der Waals surface area contributed by atoms with E-state index < -0.39 is 0 Å². The maximum Gasteiger partial charge on any atom is 0.0717 e. The largest absolute Gasteiger partial charge is 0.375 e. The molecule has 78 valence electrons. The van der Waals surface area contributed by atoms with Gasteiger partial charge in [-0.3, -0.25) is 0 Å². The van der Waals surface area contributed by atoms with Gasteiger partial charge in [0.15, 0.2) is 0 Å². The molecule has 0 radical (unpaired) electrons. The van der Waals surface area contributed by atoms with Gasteiger partial charge in [-0.15, -0.1) is 0 Å². The third-order valence-electron chi connectivity index (χ3n) is 1.86. The van der Waals surface area contributed by atoms with E-state index in [1.165, 1.54) is 5.56 Å². The van der Waals surface area contributed by atoms with E-state index in [0.717, 1.165) is 19.7 Å². The lowest BCUT2D eigenvalue weighted by Gasteiger charge is -2.04. The summed E-state index contributed by atoms with van der Waals surface area (Å²) in [6.45, 7) is 3.82. The summed E-state index contributed by atoms with van der Waals surface area (Å²) in [6, 6.07) is 10.2. The van der Waals surface area contributed by atoms with Gasteiger partial charge in [-0.2, -0.15) is 0 Å². The Morgan fingerprint density at radius 1 is 1.14 bits per heavy atom. The minimum absolute atomic E-state index is 0.679. The quantitative estimate of drug-likeness (QED) is 0.630. The van der Waals surface area contributed by atoms with Gasteiger partial charge < -0.3 is 15.8 Å². The first-order chi connectivity index (χ1) is 6.93. The van der Waals surface area contributed by atoms with E-state index >= 15 is 0 Å². The summed E-state index contributed by atoms with van der Waals surface area (Å²) < 4.78 is 5.46. The van der Waals surface area contributed by atoms with Gasteiger partial charge in [0.2, 0.25) is 0 Å². The van der Waals surface area contributed by atoms with Crippen LogP contribution in [0.15, 0.2) is 30.3 Å². The van der Waals surface area contributed by atoms with Crippen molar-refractivity contribution in [2.24, 2.45) is 5.73 Å². The average Bonchev–Trinajstić information content (AvgIpc) is 2.25. The standard InChI is InChI=1S/C11H18N2O/c12-6-7-13-8-9-14-10-11-4-2-1-3-5-11/h1-5,13H,6-10,12H2. The van der Waals surface area contributed by atoms with Gasteiger partial charge in [-0.05, 0) is 5.56 Å². The van der Waals surface area contributed by atoms with Crippen LogP contribution in [0.4, 0.5) is 0 Å². The van der Waals surface area contributed by atoms with Crippen LogP contribution in [0.5, 0.6) is 0 Å². The Bertz CT molecular complexity index is 226. The highest BCUT2D eigenvalue weighted by molar-refractivity contribution is 5.13. The molecule has 0 saturated heterocycles. The van der Waals surface area contributed by atoms with Crippen LogP contribution in [0.1, 0.15) is 5.56 Å². The lowest BCUT2D eigenvalue weighted by atomic mass is 10.2. The Balaban J connectivity index is 1.99. The molecule has 0 aromatic heterocycles. The van der Waals surface area contributed by atoms with E-state index in [1.54, 1.807) is 0 Å². The molecule has 14 heavy (non-hydrogen) atoms. The third kappa shape index (κ3) is 4.97. The predicted molar refractivity (Wildman–Crippen MR) is 58.0 cm³/mol. The first-order valence-electron chi connectivity index (χ1n) is 4.96. The Kier molecular flexibility index (Phi) is 5.99. The number of ether oxygens (including phenoxy) is 1. The van der Waals surface area contributed by atoms with Crippen LogP contribution in [0.3, 0.4) is 0 Å². The van der Waals surface area contributed by atoms with Crippen molar-refractivity contribution in [1.82, 2.24) is 5.32 Å². The molecule has 0 saturated carbocycles. The van der Waals surface area contributed by atoms with Gasteiger partial charge >= 0.3 is 0 Å². The Morgan fingerprint density at radius 2 is 1.93 bits per heavy atom. The van der Waals surface area contributed by atoms with E-state index in [0.29, 0.717) is 13.2 Å². The van der Waals surface area contributed by atoms with Crippen LogP contribution < -0.4 is 11.1 Å². The maximum atomic E-state index is 5.46. The highest BCUT2D eigenvalue weighted by Gasteiger charge is 1.90. The molecule has 0 spiro atoms. The summed E-state index contributed by atoms with van der Waals surface area (Å²) in [6.07, 6.45) is 0. The molecule has 0 atom stereocenters. The molecule has 3 nitrogen and oxygen atoms in total. The Labute approximate surface area is 85.3 Å². The molecule has 1 aromatic rings. The van der Waals surface area contributed by atoms with Crippen molar-refractivity contribution in [3.05, 3.63) is 35.9 Å². The first-order valence-corrected chi connectivity index (χ1v) is 4.96. The molecule has 0 bridgehead atoms. The number of nitrogens with two attached hydrogens (primary N) is 1. The minimum Gasteiger partial charge on any atom is -0.375 e. The number of rotatable bonds is 7. The van der Waals surface area contributed by atoms with Gasteiger partial charge in [-0.25, -0.2) is 0 Å². The fraction of sp³-hybridized carbons (Fsp3) is 0.455. The Hall–Kier alpha value is -0.900. The predicted octanol–water partition coefficient (Wildman–Crippen LogP) is 0.751. The first kappa shape index (κ1) is 11.2. The van der Waals surface area contributed by atoms with E-state index in [-0.39, 0.29) is 0 Å². The molecular formula is C11H18N2O. The van der Waals surface area contributed by atoms with Crippen molar-refractivity contribution in [3.63, 3.8) is 0 Å². The number of hydrogen-bond acceptors (Lipinski definition) is 3. The van der Waals surface area contributed by atoms with E-state index in [1.807, 2.05) is 18.2 Å². The normalized spacial score (nSPS) is 10.4. The van der Waals surface area contributed by atoms with Gasteiger partial charge in [0.25, 0.3) is 0 Å². The number of nitrogens with one attached hydrogen (secondary N) is 1. The van der Waals surface area contributed by atoms with E-state index in [4.69, 9.17) is 10.5 Å². The molecule has 0 amide bonds. The summed E-state index contributed by atoms with van der Waals surface area (Å²) in [5, 5.41) is 3.17. The highest BCUT2D eigenvalue weighted by atomic mass is 16.5. The van der Waals surface area contributed by atoms with E-state index in [2.05, 4.69) is 17.4 Å². The van der Waals surface area contributed by atoms with Crippen molar-refractivity contribution in [3.8, 4) is 0 Å². The average molecular weight is 194 g/mol. The van der Waals surface area contributed by atoms with Crippen LogP contribution in [0, 0.1) is 0 Å². The second-order valence-electron chi connectivity index (χ2n) is 3.08. The van der Waals surface area contributed by atoms with Gasteiger partial charge in [0, 0.05) is 19.6 Å². The van der Waals surface area contributed by atoms with Crippen molar-refractivity contribution < 1.29 is 4.74 Å². The van der Waals surface area contributed by atoms with Crippen LogP contribution in [-0.4, -0.2) is 26.2 Å². The lowest BCUT2D eigenvalue weighted by molar-refractivity contribution is 0.123. The lowest BCUT2D eigenvalue weighted by Crippen LogP contribution is -2.25. The molecule has 1 aromatic carbocycles. The minimum atomic E-state index is 0.679. The second-order valence-corrected chi connectivity index (χ2v) is 3.08. The maximum absolute atomic E-state index is 5.46. The van der Waals surface area contributed by atoms with Crippen LogP contribution in [-0.2, 0) is 11.3 Å². The summed E-state index contributed by atoms with van der Waals surface area (Å²) in [7, 11) is 0. The number of benzene rings is 1. The summed E-state index contributed by atoms with van der Waals surface area (Å²) in [4.78, 5) is 0. The SMILES string of the molecule is NCCNCCOCc1ccccc1. The van der Waals surface area contributed by atoms with E-state index in [9.17, 15) is 0 Å². The monoisotopic (exact) mass is 194 g/mol. The summed E-state index contributed by atoms with van der Waals surface area (Å²) >= 11 is 0. The van der Waals surface area contributed by atoms with Crippen LogP contribution in [0.2, 0.25) is 0 Å². The van der Waals surface area contributed by atoms with Gasteiger partial charge in [0.1, 0.15) is 0 Å². The fourth-order valence-electron chi connectivity index (χ4n) is 1.14. The van der Waals surface area contributed by atoms with Crippen molar-refractivity contribution in [1.29, 1.82) is 0 Å². The topological polar surface area (TPSA) is 47.3 Å². The van der Waals surface area contributed by atoms with Crippen LogP contribution in [0.25, 0.3) is 0 Å². The molecule has 0 unspecified atom stereocenters. The molecule has 0 heterocycles. The summed E-state index contributed by atoms with van der Waals surface area (Å²) in [5.41, 5.74) is 6.55. The molecule has 0 aliphatic heterocycles. The molecule has 3 N–H and O–H groups in total. The van der Waals surface area contributed by atoms with Crippen LogP contribution >= 0.6 is 0 Å². The molecular weight excluding hydrogens is 176 g/mol. The zero-order valence-corrected chi connectivity index (χ0v) is 8.41. The number of hydrogen-bond donors (Lipinski definition) is 2. The van der Waals surface area contributed by atoms with Gasteiger partial charge in [-0.1, -0.05) is 30.3 Å². The smallest absolute Gasteiger partial charge is 0.0717 e. The third-order valence-corrected chi connectivity index (χ3v) is 1.86. The molecule has 3 heteroatoms. The van der Waals surface area contributed by atoms with Crippen molar-refractivity contribution in [2.45, 2.75) is 6.61 Å². The molecule has 0 aliphatic rings. The molecule has 0 fully saturated rings. The second kappa shape index (κ2) is 7.50. The summed E-state index contributed by atoms with van der Waals surface area (Å²) in [5.74, 6) is 0. The highest BCUT2D eigenvalue weighted by Crippen LogP contribution is 1.99. The zero-order valence-electron chi connectivity index (χ0n) is 8.41. The van der Waals surface area contributed by atoms with Crippen molar-refractivity contribution >= 4 is 0 Å². The molecule has 0 aliphatic carbocycles. The zero-order chi connectivity index (χ0) is 10.1. The van der Waals surface area contributed by atoms with Crippen molar-refractivity contribution in [2.75, 3.05) is 26.2 Å². The fourth-order valence-corrected chi connectivity index (χ4v) is 1.14.